The summed E-state index contributed by atoms with van der Waals surface area (Å²) in [6.45, 7) is 6.80. The predicted molar refractivity (Wildman–Crippen MR) is 129 cm³/mol. The Morgan fingerprint density at radius 3 is 2.39 bits per heavy atom. The summed E-state index contributed by atoms with van der Waals surface area (Å²) in [7, 11) is 0. The molecule has 0 fully saturated rings. The Labute approximate surface area is 193 Å². The van der Waals surface area contributed by atoms with Crippen LogP contribution in [0.2, 0.25) is 10.0 Å². The molecular formula is C26H25Cl2NO2. The minimum atomic E-state index is -0.0898. The van der Waals surface area contributed by atoms with Crippen molar-refractivity contribution >= 4 is 34.7 Å². The first-order valence-corrected chi connectivity index (χ1v) is 10.7. The van der Waals surface area contributed by atoms with E-state index in [9.17, 15) is 4.79 Å². The van der Waals surface area contributed by atoms with Gasteiger partial charge in [-0.15, -0.1) is 0 Å². The standard InChI is InChI=1S/C26H25Cl2NO2/c1-26(2,3)22-6-4-5-7-24(22)29-15-14-25(30)18-9-12-21(13-10-18)31-17-19-8-11-20(27)16-23(19)28/h4-16,29H,17H2,1-3H3/b15-14+. The van der Waals surface area contributed by atoms with Crippen LogP contribution >= 0.6 is 23.2 Å². The van der Waals surface area contributed by atoms with Gasteiger partial charge >= 0.3 is 0 Å². The molecule has 0 saturated heterocycles. The number of hydrogen-bond donors (Lipinski definition) is 1. The number of ether oxygens (including phenoxy) is 1. The van der Waals surface area contributed by atoms with Gasteiger partial charge in [-0.3, -0.25) is 4.79 Å². The second-order valence-electron chi connectivity index (χ2n) is 8.19. The van der Waals surface area contributed by atoms with Crippen molar-refractivity contribution in [2.24, 2.45) is 0 Å². The van der Waals surface area contributed by atoms with E-state index in [1.165, 1.54) is 11.6 Å². The number of rotatable bonds is 7. The lowest BCUT2D eigenvalue weighted by molar-refractivity contribution is 0.104. The second kappa shape index (κ2) is 10.0. The molecule has 0 aliphatic rings. The van der Waals surface area contributed by atoms with Crippen LogP contribution in [0.15, 0.2) is 79.0 Å². The van der Waals surface area contributed by atoms with Crippen molar-refractivity contribution in [1.29, 1.82) is 0 Å². The molecule has 0 aromatic heterocycles. The maximum atomic E-state index is 12.5. The average Bonchev–Trinajstić information content (AvgIpc) is 2.73. The van der Waals surface area contributed by atoms with Gasteiger partial charge in [-0.05, 0) is 53.4 Å². The topological polar surface area (TPSA) is 38.3 Å². The second-order valence-corrected chi connectivity index (χ2v) is 9.03. The number of carbonyl (C=O) groups is 1. The first-order valence-electron chi connectivity index (χ1n) is 9.98. The molecule has 0 atom stereocenters. The van der Waals surface area contributed by atoms with Gasteiger partial charge in [0.05, 0.1) is 0 Å². The molecule has 0 heterocycles. The number of nitrogens with one attached hydrogen (secondary N) is 1. The highest BCUT2D eigenvalue weighted by molar-refractivity contribution is 6.35. The lowest BCUT2D eigenvalue weighted by Gasteiger charge is -2.22. The average molecular weight is 454 g/mol. The van der Waals surface area contributed by atoms with Gasteiger partial charge in [-0.2, -0.15) is 0 Å². The Kier molecular flexibility index (Phi) is 7.42. The Bertz CT molecular complexity index is 1080. The quantitative estimate of drug-likeness (QED) is 0.294. The van der Waals surface area contributed by atoms with E-state index in [1.807, 2.05) is 24.3 Å². The number of para-hydroxylation sites is 1. The van der Waals surface area contributed by atoms with Gasteiger partial charge in [0, 0.05) is 39.1 Å². The van der Waals surface area contributed by atoms with Crippen molar-refractivity contribution in [2.75, 3.05) is 5.32 Å². The summed E-state index contributed by atoms with van der Waals surface area (Å²) in [5.41, 5.74) is 3.61. The summed E-state index contributed by atoms with van der Waals surface area (Å²) in [6, 6.07) is 20.4. The van der Waals surface area contributed by atoms with Gasteiger partial charge in [0.2, 0.25) is 0 Å². The zero-order chi connectivity index (χ0) is 22.4. The summed E-state index contributed by atoms with van der Waals surface area (Å²) in [6.07, 6.45) is 3.21. The Morgan fingerprint density at radius 1 is 1.00 bits per heavy atom. The van der Waals surface area contributed by atoms with Crippen LogP contribution in [0.5, 0.6) is 5.75 Å². The summed E-state index contributed by atoms with van der Waals surface area (Å²) >= 11 is 12.1. The molecular weight excluding hydrogens is 429 g/mol. The maximum absolute atomic E-state index is 12.5. The molecule has 160 valence electrons. The summed E-state index contributed by atoms with van der Waals surface area (Å²) in [5.74, 6) is 0.566. The van der Waals surface area contributed by atoms with Gasteiger partial charge in [0.25, 0.3) is 0 Å². The van der Waals surface area contributed by atoms with E-state index in [2.05, 4.69) is 32.2 Å². The number of hydrogen-bond acceptors (Lipinski definition) is 3. The van der Waals surface area contributed by atoms with Crippen molar-refractivity contribution in [1.82, 2.24) is 0 Å². The van der Waals surface area contributed by atoms with Crippen LogP contribution in [-0.2, 0) is 12.0 Å². The molecule has 3 aromatic carbocycles. The van der Waals surface area contributed by atoms with E-state index in [4.69, 9.17) is 27.9 Å². The molecule has 5 heteroatoms. The summed E-state index contributed by atoms with van der Waals surface area (Å²) in [5, 5.41) is 4.38. The molecule has 0 saturated carbocycles. The molecule has 31 heavy (non-hydrogen) atoms. The van der Waals surface area contributed by atoms with Crippen LogP contribution in [0.4, 0.5) is 5.69 Å². The molecule has 0 spiro atoms. The highest BCUT2D eigenvalue weighted by Gasteiger charge is 2.16. The zero-order valence-corrected chi connectivity index (χ0v) is 19.3. The molecule has 0 aliphatic heterocycles. The van der Waals surface area contributed by atoms with E-state index >= 15 is 0 Å². The van der Waals surface area contributed by atoms with Gasteiger partial charge in [0.15, 0.2) is 5.78 Å². The summed E-state index contributed by atoms with van der Waals surface area (Å²) < 4.78 is 5.76. The smallest absolute Gasteiger partial charge is 0.187 e. The van der Waals surface area contributed by atoms with Crippen LogP contribution in [0.25, 0.3) is 0 Å². The fraction of sp³-hybridized carbons (Fsp3) is 0.192. The zero-order valence-electron chi connectivity index (χ0n) is 17.8. The van der Waals surface area contributed by atoms with Gasteiger partial charge in [-0.25, -0.2) is 0 Å². The Hall–Kier alpha value is -2.75. The maximum Gasteiger partial charge on any atom is 0.187 e. The molecule has 0 aliphatic carbocycles. The first kappa shape index (κ1) is 22.9. The third-order valence-corrected chi connectivity index (χ3v) is 5.34. The van der Waals surface area contributed by atoms with Gasteiger partial charge in [0.1, 0.15) is 12.4 Å². The fourth-order valence-electron chi connectivity index (χ4n) is 3.08. The highest BCUT2D eigenvalue weighted by atomic mass is 35.5. The lowest BCUT2D eigenvalue weighted by Crippen LogP contribution is -2.13. The molecule has 3 aromatic rings. The molecule has 1 N–H and O–H groups in total. The highest BCUT2D eigenvalue weighted by Crippen LogP contribution is 2.29. The van der Waals surface area contributed by atoms with Crippen molar-refractivity contribution in [3.8, 4) is 5.75 Å². The Morgan fingerprint density at radius 2 is 1.71 bits per heavy atom. The van der Waals surface area contributed by atoms with E-state index < -0.39 is 0 Å². The van der Waals surface area contributed by atoms with Crippen molar-refractivity contribution < 1.29 is 9.53 Å². The third kappa shape index (κ3) is 6.36. The predicted octanol–water partition coefficient (Wildman–Crippen LogP) is 7.68. The Balaban J connectivity index is 1.59. The number of ketones is 1. The molecule has 0 amide bonds. The van der Waals surface area contributed by atoms with Crippen LogP contribution in [0.3, 0.4) is 0 Å². The van der Waals surface area contributed by atoms with Crippen LogP contribution < -0.4 is 10.1 Å². The van der Waals surface area contributed by atoms with Crippen molar-refractivity contribution in [2.45, 2.75) is 32.8 Å². The molecule has 0 unspecified atom stereocenters. The van der Waals surface area contributed by atoms with Crippen LogP contribution in [-0.4, -0.2) is 5.78 Å². The monoisotopic (exact) mass is 453 g/mol. The van der Waals surface area contributed by atoms with Crippen molar-refractivity contribution in [3.63, 3.8) is 0 Å². The number of anilines is 1. The number of allylic oxidation sites excluding steroid dienone is 1. The SMILES string of the molecule is CC(C)(C)c1ccccc1N/C=C/C(=O)c1ccc(OCc2ccc(Cl)cc2Cl)cc1. The number of benzene rings is 3. The minimum absolute atomic E-state index is 0.00745. The van der Waals surface area contributed by atoms with Crippen LogP contribution in [0, 0.1) is 0 Å². The third-order valence-electron chi connectivity index (χ3n) is 4.76. The number of halogens is 2. The fourth-order valence-corrected chi connectivity index (χ4v) is 3.54. The van der Waals surface area contributed by atoms with Gasteiger partial charge in [-0.1, -0.05) is 68.2 Å². The normalized spacial score (nSPS) is 11.5. The van der Waals surface area contributed by atoms with E-state index in [-0.39, 0.29) is 11.2 Å². The molecule has 3 rings (SSSR count). The van der Waals surface area contributed by atoms with E-state index in [1.54, 1.807) is 42.6 Å². The van der Waals surface area contributed by atoms with E-state index in [0.717, 1.165) is 11.3 Å². The molecule has 0 radical (unpaired) electrons. The molecule has 0 bridgehead atoms. The molecule has 3 nitrogen and oxygen atoms in total. The number of carbonyl (C=O) groups excluding carboxylic acids is 1. The van der Waals surface area contributed by atoms with Gasteiger partial charge < -0.3 is 10.1 Å². The largest absolute Gasteiger partial charge is 0.489 e. The van der Waals surface area contributed by atoms with Crippen LogP contribution in [0.1, 0.15) is 42.3 Å². The summed E-state index contributed by atoms with van der Waals surface area (Å²) in [4.78, 5) is 12.5. The lowest BCUT2D eigenvalue weighted by atomic mass is 9.86. The van der Waals surface area contributed by atoms with Crippen molar-refractivity contribution in [3.05, 3.63) is 106 Å². The first-order chi connectivity index (χ1) is 14.7. The van der Waals surface area contributed by atoms with E-state index in [0.29, 0.717) is 28.0 Å². The minimum Gasteiger partial charge on any atom is -0.489 e.